The number of hydrogen-bond acceptors (Lipinski definition) is 23. The Morgan fingerprint density at radius 1 is 0.396 bits per heavy atom. The molecule has 2 heterocycles. The van der Waals surface area contributed by atoms with Crippen molar-refractivity contribution in [1.29, 1.82) is 0 Å². The highest BCUT2D eigenvalue weighted by molar-refractivity contribution is 7.47. The largest absolute Gasteiger partial charge is 0.472 e. The highest BCUT2D eigenvalue weighted by Crippen LogP contribution is 2.49. The predicted molar refractivity (Wildman–Crippen MR) is 361 cm³/mol. The van der Waals surface area contributed by atoms with Gasteiger partial charge in [-0.3, -0.25) is 23.4 Å². The molecule has 0 radical (unpaired) electrons. The molecule has 2 aliphatic heterocycles. The fourth-order valence-electron chi connectivity index (χ4n) is 12.1. The van der Waals surface area contributed by atoms with Gasteiger partial charge >= 0.3 is 25.7 Å². The van der Waals surface area contributed by atoms with Gasteiger partial charge in [0, 0.05) is 19.3 Å². The number of carbonyl (C=O) groups is 3. The zero-order chi connectivity index (χ0) is 70.4. The lowest BCUT2D eigenvalue weighted by atomic mass is 9.84. The summed E-state index contributed by atoms with van der Waals surface area (Å²) in [5.74, 6) is -2.01. The first-order valence-corrected chi connectivity index (χ1v) is 38.6. The molecule has 11 N–H and O–H groups in total. The molecule has 3 fully saturated rings. The molecule has 3 rings (SSSR count). The third-order valence-electron chi connectivity index (χ3n) is 18.2. The molecule has 0 aromatic carbocycles. The first-order valence-electron chi connectivity index (χ1n) is 37.1. The third-order valence-corrected chi connectivity index (χ3v) is 19.2. The standard InChI is InChI=1S/C71H129O24P/c1-4-7-10-13-16-19-22-25-26-29-31-33-36-39-42-45-55(73)87-49-52(90-57(75)47-44-41-38-35-32-28-24-21-18-15-12-9-6-3)50-89-96(85,86)95-69-67(93-70-65(83)60(78)58(76)53(48-72)91-70)63(81)62(80)64(82)68(69)94-71-66(84)61(79)59(77)54(92-71)51-88-56(74)46-43-40-37-34-30-27-23-20-17-14-11-8-5-2/h19,22,28,32,52-54,58-72,76-84H,4-18,20-21,23-27,29-31,33-51H2,1-3H3,(H,85,86)/b22-19-,32-28-. The zero-order valence-electron chi connectivity index (χ0n) is 58.4. The molecule has 0 spiro atoms. The third kappa shape index (κ3) is 36.4. The second kappa shape index (κ2) is 53.3. The van der Waals surface area contributed by atoms with Crippen molar-refractivity contribution in [3.63, 3.8) is 0 Å². The number of ether oxygens (including phenoxy) is 7. The zero-order valence-corrected chi connectivity index (χ0v) is 59.3. The Balaban J connectivity index is 1.75. The molecule has 0 aromatic heterocycles. The first-order chi connectivity index (χ1) is 46.3. The number of hydrogen-bond donors (Lipinski definition) is 11. The SMILES string of the molecule is CCCCCC/C=C\CCCCCCCCCC(=O)OCC(COP(=O)(O)OC1C(OC2OC(CO)C(O)C(O)C2O)C(O)C(O)C(O)C1OC1OC(COC(=O)CCCCCCCCCCCCCCC)C(O)C(O)C1O)OC(=O)CCCCC/C=C\CCCCCCCC. The van der Waals surface area contributed by atoms with Gasteiger partial charge in [0.05, 0.1) is 13.2 Å². The van der Waals surface area contributed by atoms with Crippen molar-refractivity contribution >= 4 is 25.7 Å². The number of esters is 3. The molecule has 18 unspecified atom stereocenters. The van der Waals surface area contributed by atoms with Crippen LogP contribution >= 0.6 is 7.82 Å². The van der Waals surface area contributed by atoms with Gasteiger partial charge in [-0.2, -0.15) is 0 Å². The highest BCUT2D eigenvalue weighted by atomic mass is 31.2. The number of phosphoric acid groups is 1. The quantitative estimate of drug-likeness (QED) is 0.00886. The number of aliphatic hydroxyl groups is 10. The van der Waals surface area contributed by atoms with Gasteiger partial charge in [-0.1, -0.05) is 212 Å². The molecule has 562 valence electrons. The number of aliphatic hydroxyl groups excluding tert-OH is 10. The molecule has 25 heteroatoms. The van der Waals surface area contributed by atoms with Gasteiger partial charge in [-0.05, 0) is 70.6 Å². The minimum Gasteiger partial charge on any atom is -0.463 e. The van der Waals surface area contributed by atoms with Crippen molar-refractivity contribution in [2.45, 2.75) is 382 Å². The van der Waals surface area contributed by atoms with Crippen LogP contribution in [0.25, 0.3) is 0 Å². The molecule has 1 aliphatic carbocycles. The van der Waals surface area contributed by atoms with Crippen molar-refractivity contribution in [3.05, 3.63) is 24.3 Å². The van der Waals surface area contributed by atoms with Crippen LogP contribution in [-0.4, -0.2) is 204 Å². The van der Waals surface area contributed by atoms with E-state index in [-0.39, 0.29) is 19.3 Å². The van der Waals surface area contributed by atoms with Crippen LogP contribution in [0, 0.1) is 0 Å². The number of phosphoric ester groups is 1. The summed E-state index contributed by atoms with van der Waals surface area (Å²) in [7, 11) is -5.70. The van der Waals surface area contributed by atoms with Crippen LogP contribution in [0.1, 0.15) is 278 Å². The van der Waals surface area contributed by atoms with Gasteiger partial charge in [0.2, 0.25) is 0 Å². The van der Waals surface area contributed by atoms with Crippen molar-refractivity contribution in [3.8, 4) is 0 Å². The summed E-state index contributed by atoms with van der Waals surface area (Å²) in [6.07, 6.45) is 12.6. The lowest BCUT2D eigenvalue weighted by Crippen LogP contribution is -2.69. The first kappa shape index (κ1) is 87.7. The topological polar surface area (TPSA) is 374 Å². The van der Waals surface area contributed by atoms with Crippen molar-refractivity contribution in [2.75, 3.05) is 26.4 Å². The molecule has 1 saturated carbocycles. The maximum absolute atomic E-state index is 14.3. The molecule has 18 atom stereocenters. The van der Waals surface area contributed by atoms with Gasteiger partial charge in [-0.15, -0.1) is 0 Å². The highest BCUT2D eigenvalue weighted by Gasteiger charge is 2.58. The normalized spacial score (nSPS) is 28.1. The summed E-state index contributed by atoms with van der Waals surface area (Å²) >= 11 is 0. The Labute approximate surface area is 573 Å². The summed E-state index contributed by atoms with van der Waals surface area (Å²) in [5.41, 5.74) is 0. The summed E-state index contributed by atoms with van der Waals surface area (Å²) in [4.78, 5) is 50.9. The predicted octanol–water partition coefficient (Wildman–Crippen LogP) is 9.74. The number of carbonyl (C=O) groups excluding carboxylic acids is 3. The summed E-state index contributed by atoms with van der Waals surface area (Å²) < 4.78 is 64.9. The Kier molecular flexibility index (Phi) is 48.7. The van der Waals surface area contributed by atoms with Crippen LogP contribution < -0.4 is 0 Å². The van der Waals surface area contributed by atoms with E-state index in [0.29, 0.717) is 25.7 Å². The van der Waals surface area contributed by atoms with Gasteiger partial charge in [0.1, 0.15) is 98.7 Å². The molecular weight excluding hydrogens is 1270 g/mol. The number of rotatable bonds is 57. The van der Waals surface area contributed by atoms with E-state index in [1.165, 1.54) is 103 Å². The van der Waals surface area contributed by atoms with E-state index < -0.39 is 156 Å². The van der Waals surface area contributed by atoms with E-state index in [1.54, 1.807) is 0 Å². The summed E-state index contributed by atoms with van der Waals surface area (Å²) in [5, 5.41) is 110. The molecule has 24 nitrogen and oxygen atoms in total. The van der Waals surface area contributed by atoms with Gasteiger partial charge in [0.15, 0.2) is 18.7 Å². The molecule has 3 aliphatic rings. The Morgan fingerprint density at radius 3 is 1.15 bits per heavy atom. The molecule has 0 amide bonds. The lowest BCUT2D eigenvalue weighted by Gasteiger charge is -2.49. The smallest absolute Gasteiger partial charge is 0.463 e. The Hall–Kier alpha value is -2.56. The van der Waals surface area contributed by atoms with Gasteiger partial charge < -0.3 is 89.1 Å². The molecule has 2 saturated heterocycles. The van der Waals surface area contributed by atoms with E-state index in [9.17, 15) is 74.9 Å². The number of allylic oxidation sites excluding steroid dienone is 4. The van der Waals surface area contributed by atoms with Gasteiger partial charge in [0.25, 0.3) is 0 Å². The van der Waals surface area contributed by atoms with E-state index in [2.05, 4.69) is 45.1 Å². The summed E-state index contributed by atoms with van der Waals surface area (Å²) in [6, 6.07) is 0. The Morgan fingerprint density at radius 2 is 0.729 bits per heavy atom. The van der Waals surface area contributed by atoms with E-state index in [4.69, 9.17) is 42.2 Å². The van der Waals surface area contributed by atoms with Crippen molar-refractivity contribution in [1.82, 2.24) is 0 Å². The molecular formula is C71H129O24P. The van der Waals surface area contributed by atoms with E-state index >= 15 is 0 Å². The second-order valence-electron chi connectivity index (χ2n) is 26.7. The second-order valence-corrected chi connectivity index (χ2v) is 28.1. The fourth-order valence-corrected chi connectivity index (χ4v) is 13.1. The average molecular weight is 1400 g/mol. The van der Waals surface area contributed by atoms with Gasteiger partial charge in [-0.25, -0.2) is 4.57 Å². The maximum Gasteiger partial charge on any atom is 0.472 e. The van der Waals surface area contributed by atoms with Crippen LogP contribution in [0.5, 0.6) is 0 Å². The Bertz CT molecular complexity index is 2090. The summed E-state index contributed by atoms with van der Waals surface area (Å²) in [6.45, 7) is 3.39. The maximum atomic E-state index is 14.3. The van der Waals surface area contributed by atoms with Crippen LogP contribution in [0.4, 0.5) is 0 Å². The van der Waals surface area contributed by atoms with Crippen molar-refractivity contribution in [2.24, 2.45) is 0 Å². The monoisotopic (exact) mass is 1400 g/mol. The minimum atomic E-state index is -5.70. The molecule has 0 bridgehead atoms. The average Bonchev–Trinajstić information content (AvgIpc) is 0.767. The van der Waals surface area contributed by atoms with E-state index in [1.807, 2.05) is 0 Å². The van der Waals surface area contributed by atoms with Crippen LogP contribution in [0.3, 0.4) is 0 Å². The van der Waals surface area contributed by atoms with Crippen LogP contribution in [0.15, 0.2) is 24.3 Å². The minimum absolute atomic E-state index is 0.0304. The number of unbranched alkanes of at least 4 members (excludes halogenated alkanes) is 32. The lowest BCUT2D eigenvalue weighted by molar-refractivity contribution is -0.360. The fraction of sp³-hybridized carbons (Fsp3) is 0.901. The van der Waals surface area contributed by atoms with Crippen molar-refractivity contribution < 1.29 is 117 Å². The van der Waals surface area contributed by atoms with Crippen LogP contribution in [-0.2, 0) is 61.2 Å². The van der Waals surface area contributed by atoms with E-state index in [0.717, 1.165) is 109 Å². The molecule has 96 heavy (non-hydrogen) atoms. The van der Waals surface area contributed by atoms with Crippen LogP contribution in [0.2, 0.25) is 0 Å². The molecule has 0 aromatic rings.